The van der Waals surface area contributed by atoms with Crippen molar-refractivity contribution in [3.05, 3.63) is 12.4 Å². The van der Waals surface area contributed by atoms with Crippen molar-refractivity contribution >= 4 is 5.95 Å². The number of anilines is 1. The summed E-state index contributed by atoms with van der Waals surface area (Å²) in [6, 6.07) is 0.476. The summed E-state index contributed by atoms with van der Waals surface area (Å²) in [5.41, 5.74) is 0. The summed E-state index contributed by atoms with van der Waals surface area (Å²) in [6.45, 7) is 5.98. The molecule has 0 saturated carbocycles. The van der Waals surface area contributed by atoms with Gasteiger partial charge in [-0.15, -0.1) is 0 Å². The van der Waals surface area contributed by atoms with Gasteiger partial charge in [0, 0.05) is 32.1 Å². The molecule has 0 spiro atoms. The van der Waals surface area contributed by atoms with E-state index >= 15 is 0 Å². The third-order valence-corrected chi connectivity index (χ3v) is 2.62. The summed E-state index contributed by atoms with van der Waals surface area (Å²) in [5.74, 6) is 0.945. The number of aromatic nitrogens is 2. The Bertz CT molecular complexity index is 286. The molecule has 16 heavy (non-hydrogen) atoms. The highest BCUT2D eigenvalue weighted by Gasteiger charge is 2.06. The van der Waals surface area contributed by atoms with Crippen LogP contribution in [0.25, 0.3) is 0 Å². The summed E-state index contributed by atoms with van der Waals surface area (Å²) < 4.78 is 7.15. The van der Waals surface area contributed by atoms with Crippen molar-refractivity contribution < 1.29 is 4.74 Å². The predicted octanol–water partition coefficient (Wildman–Crippen LogP) is 2.52. The van der Waals surface area contributed by atoms with Gasteiger partial charge in [-0.2, -0.15) is 0 Å². The molecule has 1 heterocycles. The van der Waals surface area contributed by atoms with Crippen LogP contribution in [0.15, 0.2) is 12.4 Å². The fourth-order valence-corrected chi connectivity index (χ4v) is 1.62. The van der Waals surface area contributed by atoms with E-state index in [1.54, 1.807) is 7.11 Å². The monoisotopic (exact) mass is 225 g/mol. The number of imidazole rings is 1. The van der Waals surface area contributed by atoms with Gasteiger partial charge in [-0.25, -0.2) is 4.98 Å². The fraction of sp³-hybridized carbons (Fsp3) is 0.750. The number of hydrogen-bond donors (Lipinski definition) is 1. The molecule has 0 fully saturated rings. The minimum atomic E-state index is 0.476. The molecule has 0 aliphatic heterocycles. The predicted molar refractivity (Wildman–Crippen MR) is 66.7 cm³/mol. The maximum absolute atomic E-state index is 5.06. The minimum Gasteiger partial charge on any atom is -0.383 e. The largest absolute Gasteiger partial charge is 0.383 e. The SMILES string of the molecule is CCCCC(C)Nc1nccn1CCOC. The van der Waals surface area contributed by atoms with E-state index in [1.807, 2.05) is 12.4 Å². The van der Waals surface area contributed by atoms with E-state index in [0.29, 0.717) is 12.6 Å². The Balaban J connectivity index is 2.42. The second kappa shape index (κ2) is 7.28. The summed E-state index contributed by atoms with van der Waals surface area (Å²) in [7, 11) is 1.72. The Morgan fingerprint density at radius 1 is 1.56 bits per heavy atom. The van der Waals surface area contributed by atoms with Gasteiger partial charge in [-0.3, -0.25) is 0 Å². The maximum Gasteiger partial charge on any atom is 0.203 e. The third kappa shape index (κ3) is 4.23. The lowest BCUT2D eigenvalue weighted by molar-refractivity contribution is 0.187. The molecule has 0 aliphatic rings. The number of ether oxygens (including phenoxy) is 1. The third-order valence-electron chi connectivity index (χ3n) is 2.62. The molecular formula is C12H23N3O. The van der Waals surface area contributed by atoms with Gasteiger partial charge in [0.1, 0.15) is 0 Å². The van der Waals surface area contributed by atoms with Crippen LogP contribution in [0.4, 0.5) is 5.95 Å². The summed E-state index contributed by atoms with van der Waals surface area (Å²) in [4.78, 5) is 4.31. The van der Waals surface area contributed by atoms with Gasteiger partial charge in [-0.1, -0.05) is 19.8 Å². The molecule has 0 saturated heterocycles. The smallest absolute Gasteiger partial charge is 0.203 e. The Morgan fingerprint density at radius 2 is 2.38 bits per heavy atom. The van der Waals surface area contributed by atoms with Gasteiger partial charge in [0.05, 0.1) is 6.61 Å². The van der Waals surface area contributed by atoms with Crippen molar-refractivity contribution in [2.45, 2.75) is 45.7 Å². The highest BCUT2D eigenvalue weighted by Crippen LogP contribution is 2.09. The summed E-state index contributed by atoms with van der Waals surface area (Å²) in [5, 5.41) is 3.43. The highest BCUT2D eigenvalue weighted by atomic mass is 16.5. The van der Waals surface area contributed by atoms with Crippen LogP contribution in [-0.4, -0.2) is 29.3 Å². The Morgan fingerprint density at radius 3 is 3.06 bits per heavy atom. The van der Waals surface area contributed by atoms with Crippen molar-refractivity contribution in [2.75, 3.05) is 19.0 Å². The fourth-order valence-electron chi connectivity index (χ4n) is 1.62. The van der Waals surface area contributed by atoms with E-state index in [4.69, 9.17) is 4.74 Å². The van der Waals surface area contributed by atoms with Crippen LogP contribution in [0.3, 0.4) is 0 Å². The van der Waals surface area contributed by atoms with Crippen LogP contribution in [0.5, 0.6) is 0 Å². The van der Waals surface area contributed by atoms with Gasteiger partial charge in [0.25, 0.3) is 0 Å². The number of unbranched alkanes of at least 4 members (excludes halogenated alkanes) is 1. The normalized spacial score (nSPS) is 12.7. The van der Waals surface area contributed by atoms with E-state index < -0.39 is 0 Å². The molecule has 4 heteroatoms. The molecule has 1 aromatic rings. The first kappa shape index (κ1) is 13.0. The Labute approximate surface area is 98.0 Å². The van der Waals surface area contributed by atoms with Gasteiger partial charge in [-0.05, 0) is 13.3 Å². The van der Waals surface area contributed by atoms with Crippen molar-refractivity contribution in [3.63, 3.8) is 0 Å². The van der Waals surface area contributed by atoms with E-state index in [2.05, 4.69) is 28.7 Å². The second-order valence-electron chi connectivity index (χ2n) is 4.12. The van der Waals surface area contributed by atoms with E-state index in [-0.39, 0.29) is 0 Å². The first-order valence-corrected chi connectivity index (χ1v) is 6.04. The van der Waals surface area contributed by atoms with E-state index in [9.17, 15) is 0 Å². The lowest BCUT2D eigenvalue weighted by Crippen LogP contribution is -2.19. The van der Waals surface area contributed by atoms with E-state index in [1.165, 1.54) is 19.3 Å². The molecule has 1 aromatic heterocycles. The topological polar surface area (TPSA) is 39.1 Å². The first-order chi connectivity index (χ1) is 7.77. The molecule has 0 bridgehead atoms. The molecule has 1 unspecified atom stereocenters. The number of nitrogens with zero attached hydrogens (tertiary/aromatic N) is 2. The van der Waals surface area contributed by atoms with Gasteiger partial charge in [0.15, 0.2) is 0 Å². The van der Waals surface area contributed by atoms with Crippen molar-refractivity contribution in [3.8, 4) is 0 Å². The average Bonchev–Trinajstić information content (AvgIpc) is 2.71. The number of rotatable bonds is 8. The highest BCUT2D eigenvalue weighted by molar-refractivity contribution is 5.27. The second-order valence-corrected chi connectivity index (χ2v) is 4.12. The number of hydrogen-bond acceptors (Lipinski definition) is 3. The van der Waals surface area contributed by atoms with Crippen LogP contribution in [0.2, 0.25) is 0 Å². The average molecular weight is 225 g/mol. The molecule has 4 nitrogen and oxygen atoms in total. The first-order valence-electron chi connectivity index (χ1n) is 6.04. The minimum absolute atomic E-state index is 0.476. The standard InChI is InChI=1S/C12H23N3O/c1-4-5-6-11(2)14-12-13-7-8-15(12)9-10-16-3/h7-8,11H,4-6,9-10H2,1-3H3,(H,13,14). The molecule has 1 rings (SSSR count). The van der Waals surface area contributed by atoms with Gasteiger partial charge < -0.3 is 14.6 Å². The molecule has 1 N–H and O–H groups in total. The lowest BCUT2D eigenvalue weighted by Gasteiger charge is -2.15. The van der Waals surface area contributed by atoms with Crippen molar-refractivity contribution in [2.24, 2.45) is 0 Å². The Kier molecular flexibility index (Phi) is 5.93. The molecule has 1 atom stereocenters. The van der Waals surface area contributed by atoms with Gasteiger partial charge >= 0.3 is 0 Å². The number of methoxy groups -OCH3 is 1. The summed E-state index contributed by atoms with van der Waals surface area (Å²) in [6.07, 6.45) is 7.49. The zero-order valence-corrected chi connectivity index (χ0v) is 10.6. The van der Waals surface area contributed by atoms with Crippen molar-refractivity contribution in [1.29, 1.82) is 0 Å². The molecular weight excluding hydrogens is 202 g/mol. The van der Waals surface area contributed by atoms with Crippen LogP contribution < -0.4 is 5.32 Å². The zero-order valence-electron chi connectivity index (χ0n) is 10.6. The molecule has 0 aliphatic carbocycles. The lowest BCUT2D eigenvalue weighted by atomic mass is 10.1. The number of nitrogens with one attached hydrogen (secondary N) is 1. The molecule has 0 radical (unpaired) electrons. The Hall–Kier alpha value is -1.03. The van der Waals surface area contributed by atoms with Gasteiger partial charge in [0.2, 0.25) is 5.95 Å². The molecule has 0 aromatic carbocycles. The van der Waals surface area contributed by atoms with Crippen LogP contribution in [0.1, 0.15) is 33.1 Å². The zero-order chi connectivity index (χ0) is 11.8. The van der Waals surface area contributed by atoms with E-state index in [0.717, 1.165) is 12.5 Å². The quantitative estimate of drug-likeness (QED) is 0.739. The molecule has 0 amide bonds. The van der Waals surface area contributed by atoms with Crippen LogP contribution in [-0.2, 0) is 11.3 Å². The molecule has 92 valence electrons. The maximum atomic E-state index is 5.06. The van der Waals surface area contributed by atoms with Crippen molar-refractivity contribution in [1.82, 2.24) is 9.55 Å². The summed E-state index contributed by atoms with van der Waals surface area (Å²) >= 11 is 0. The van der Waals surface area contributed by atoms with Crippen LogP contribution >= 0.6 is 0 Å². The van der Waals surface area contributed by atoms with Crippen LogP contribution in [0, 0.1) is 0 Å².